The second kappa shape index (κ2) is 6.55. The minimum absolute atomic E-state index is 0.0474. The predicted molar refractivity (Wildman–Crippen MR) is 88.2 cm³/mol. The van der Waals surface area contributed by atoms with E-state index in [0.29, 0.717) is 29.7 Å². The summed E-state index contributed by atoms with van der Waals surface area (Å²) >= 11 is 0. The summed E-state index contributed by atoms with van der Waals surface area (Å²) in [4.78, 5) is 23.6. The van der Waals surface area contributed by atoms with Crippen LogP contribution in [0.2, 0.25) is 0 Å². The zero-order valence-electron chi connectivity index (χ0n) is 13.1. The molecule has 0 atom stereocenters. The van der Waals surface area contributed by atoms with Crippen LogP contribution in [0.25, 0.3) is 6.08 Å². The van der Waals surface area contributed by atoms with Crippen molar-refractivity contribution in [3.63, 3.8) is 0 Å². The number of benzene rings is 2. The third kappa shape index (κ3) is 3.96. The highest BCUT2D eigenvalue weighted by molar-refractivity contribution is 6.07. The SMILES string of the molecule is O=C1CCc2cc(C(=O)/C=C/c3ccc(C(F)(F)F)cc3)ccc2N1. The highest BCUT2D eigenvalue weighted by atomic mass is 19.4. The fourth-order valence-corrected chi connectivity index (χ4v) is 2.59. The van der Waals surface area contributed by atoms with Crippen molar-refractivity contribution in [1.29, 1.82) is 0 Å². The lowest BCUT2D eigenvalue weighted by atomic mass is 9.98. The number of allylic oxidation sites excluding steroid dienone is 1. The van der Waals surface area contributed by atoms with Crippen LogP contribution in [0.5, 0.6) is 0 Å². The van der Waals surface area contributed by atoms with Crippen molar-refractivity contribution < 1.29 is 22.8 Å². The largest absolute Gasteiger partial charge is 0.416 e. The molecule has 1 N–H and O–H groups in total. The molecule has 1 aliphatic heterocycles. The number of amides is 1. The molecule has 6 heteroatoms. The van der Waals surface area contributed by atoms with Gasteiger partial charge in [0.2, 0.25) is 5.91 Å². The maximum Gasteiger partial charge on any atom is 0.416 e. The number of aryl methyl sites for hydroxylation is 1. The van der Waals surface area contributed by atoms with Crippen LogP contribution in [-0.4, -0.2) is 11.7 Å². The first-order valence-electron chi connectivity index (χ1n) is 7.65. The maximum absolute atomic E-state index is 12.5. The van der Waals surface area contributed by atoms with Crippen LogP contribution in [0.4, 0.5) is 18.9 Å². The quantitative estimate of drug-likeness (QED) is 0.658. The van der Waals surface area contributed by atoms with Crippen molar-refractivity contribution in [2.75, 3.05) is 5.32 Å². The molecule has 0 saturated heterocycles. The zero-order chi connectivity index (χ0) is 18.0. The van der Waals surface area contributed by atoms with E-state index in [-0.39, 0.29) is 11.7 Å². The zero-order valence-corrected chi connectivity index (χ0v) is 13.1. The van der Waals surface area contributed by atoms with Crippen molar-refractivity contribution in [1.82, 2.24) is 0 Å². The minimum Gasteiger partial charge on any atom is -0.326 e. The molecule has 25 heavy (non-hydrogen) atoms. The Morgan fingerprint density at radius 2 is 1.76 bits per heavy atom. The Morgan fingerprint density at radius 1 is 1.04 bits per heavy atom. The van der Waals surface area contributed by atoms with E-state index in [4.69, 9.17) is 0 Å². The molecular weight excluding hydrogens is 331 g/mol. The lowest BCUT2D eigenvalue weighted by Crippen LogP contribution is -2.19. The second-order valence-corrected chi connectivity index (χ2v) is 5.74. The highest BCUT2D eigenvalue weighted by Gasteiger charge is 2.29. The van der Waals surface area contributed by atoms with Gasteiger partial charge in [0.1, 0.15) is 0 Å². The summed E-state index contributed by atoms with van der Waals surface area (Å²) in [5.74, 6) is -0.298. The van der Waals surface area contributed by atoms with Crippen molar-refractivity contribution in [2.45, 2.75) is 19.0 Å². The van der Waals surface area contributed by atoms with E-state index in [0.717, 1.165) is 17.7 Å². The summed E-state index contributed by atoms with van der Waals surface area (Å²) in [6, 6.07) is 9.62. The van der Waals surface area contributed by atoms with Gasteiger partial charge in [0.15, 0.2) is 5.78 Å². The average Bonchev–Trinajstić information content (AvgIpc) is 2.58. The van der Waals surface area contributed by atoms with Crippen molar-refractivity contribution in [2.24, 2.45) is 0 Å². The first-order valence-corrected chi connectivity index (χ1v) is 7.65. The molecule has 0 unspecified atom stereocenters. The standard InChI is InChI=1S/C19H14F3NO2/c20-19(21,22)15-6-1-12(2-7-15)3-9-17(24)14-4-8-16-13(11-14)5-10-18(25)23-16/h1-4,6-9,11H,5,10H2,(H,23,25)/b9-3+. The summed E-state index contributed by atoms with van der Waals surface area (Å²) in [6.07, 6.45) is -0.622. The molecule has 3 rings (SSSR count). The van der Waals surface area contributed by atoms with Crippen LogP contribution < -0.4 is 5.32 Å². The van der Waals surface area contributed by atoms with Gasteiger partial charge in [-0.2, -0.15) is 13.2 Å². The van der Waals surface area contributed by atoms with Gasteiger partial charge in [0.25, 0.3) is 0 Å². The third-order valence-corrected chi connectivity index (χ3v) is 3.95. The van der Waals surface area contributed by atoms with Gasteiger partial charge in [-0.25, -0.2) is 0 Å². The molecular formula is C19H14F3NO2. The fraction of sp³-hybridized carbons (Fsp3) is 0.158. The number of carbonyl (C=O) groups excluding carboxylic acids is 2. The number of hydrogen-bond donors (Lipinski definition) is 1. The van der Waals surface area contributed by atoms with E-state index < -0.39 is 11.7 Å². The van der Waals surface area contributed by atoms with E-state index in [9.17, 15) is 22.8 Å². The van der Waals surface area contributed by atoms with Gasteiger partial charge in [0.05, 0.1) is 5.56 Å². The molecule has 2 aromatic rings. The summed E-state index contributed by atoms with van der Waals surface area (Å²) in [5.41, 5.74) is 1.85. The monoisotopic (exact) mass is 345 g/mol. The lowest BCUT2D eigenvalue weighted by Gasteiger charge is -2.16. The maximum atomic E-state index is 12.5. The normalized spacial score (nSPS) is 14.3. The number of anilines is 1. The average molecular weight is 345 g/mol. The van der Waals surface area contributed by atoms with Crippen molar-refractivity contribution in [3.05, 3.63) is 70.8 Å². The molecule has 1 amide bonds. The Hall–Kier alpha value is -2.89. The summed E-state index contributed by atoms with van der Waals surface area (Å²) < 4.78 is 37.6. The highest BCUT2D eigenvalue weighted by Crippen LogP contribution is 2.29. The third-order valence-electron chi connectivity index (χ3n) is 3.95. The van der Waals surface area contributed by atoms with Crippen LogP contribution in [-0.2, 0) is 17.4 Å². The van der Waals surface area contributed by atoms with E-state index in [1.54, 1.807) is 18.2 Å². The summed E-state index contributed by atoms with van der Waals surface area (Å²) in [6.45, 7) is 0. The molecule has 1 heterocycles. The molecule has 0 bridgehead atoms. The lowest BCUT2D eigenvalue weighted by molar-refractivity contribution is -0.137. The van der Waals surface area contributed by atoms with E-state index in [1.807, 2.05) is 0 Å². The van der Waals surface area contributed by atoms with Crippen LogP contribution in [0.15, 0.2) is 48.5 Å². The molecule has 0 aliphatic carbocycles. The van der Waals surface area contributed by atoms with Crippen LogP contribution >= 0.6 is 0 Å². The Bertz CT molecular complexity index is 852. The number of halogens is 3. The number of hydrogen-bond acceptors (Lipinski definition) is 2. The number of rotatable bonds is 3. The minimum atomic E-state index is -4.38. The first kappa shape index (κ1) is 17.0. The first-order chi connectivity index (χ1) is 11.8. The van der Waals surface area contributed by atoms with E-state index in [2.05, 4.69) is 5.32 Å². The van der Waals surface area contributed by atoms with Gasteiger partial charge in [-0.15, -0.1) is 0 Å². The van der Waals surface area contributed by atoms with Crippen LogP contribution in [0, 0.1) is 0 Å². The number of alkyl halides is 3. The van der Waals surface area contributed by atoms with Crippen molar-refractivity contribution >= 4 is 23.5 Å². The number of ketones is 1. The summed E-state index contributed by atoms with van der Waals surface area (Å²) in [7, 11) is 0. The van der Waals surface area contributed by atoms with Gasteiger partial charge in [0, 0.05) is 17.7 Å². The van der Waals surface area contributed by atoms with Crippen LogP contribution in [0.1, 0.15) is 33.5 Å². The summed E-state index contributed by atoms with van der Waals surface area (Å²) in [5, 5.41) is 2.74. The van der Waals surface area contributed by atoms with Gasteiger partial charge < -0.3 is 5.32 Å². The van der Waals surface area contributed by atoms with Gasteiger partial charge in [-0.1, -0.05) is 18.2 Å². The molecule has 0 saturated carbocycles. The molecule has 2 aromatic carbocycles. The van der Waals surface area contributed by atoms with Gasteiger partial charge >= 0.3 is 6.18 Å². The van der Waals surface area contributed by atoms with Gasteiger partial charge in [-0.05, 0) is 54.0 Å². The van der Waals surface area contributed by atoms with Gasteiger partial charge in [-0.3, -0.25) is 9.59 Å². The Balaban J connectivity index is 1.74. The number of carbonyl (C=O) groups is 2. The molecule has 0 fully saturated rings. The molecule has 3 nitrogen and oxygen atoms in total. The van der Waals surface area contributed by atoms with E-state index in [1.165, 1.54) is 24.3 Å². The molecule has 0 spiro atoms. The Kier molecular flexibility index (Phi) is 4.44. The van der Waals surface area contributed by atoms with E-state index >= 15 is 0 Å². The molecule has 128 valence electrons. The number of fused-ring (bicyclic) bond motifs is 1. The molecule has 0 aromatic heterocycles. The predicted octanol–water partition coefficient (Wildman–Crippen LogP) is 4.49. The van der Waals surface area contributed by atoms with Crippen LogP contribution in [0.3, 0.4) is 0 Å². The number of nitrogens with one attached hydrogen (secondary N) is 1. The Morgan fingerprint density at radius 3 is 2.44 bits per heavy atom. The second-order valence-electron chi connectivity index (χ2n) is 5.74. The molecule has 1 aliphatic rings. The topological polar surface area (TPSA) is 46.2 Å². The van der Waals surface area contributed by atoms with Crippen molar-refractivity contribution in [3.8, 4) is 0 Å². The fourth-order valence-electron chi connectivity index (χ4n) is 2.59. The Labute approximate surface area is 142 Å². The smallest absolute Gasteiger partial charge is 0.326 e. The molecule has 0 radical (unpaired) electrons.